The summed E-state index contributed by atoms with van der Waals surface area (Å²) < 4.78 is 0. The van der Waals surface area contributed by atoms with Crippen LogP contribution < -0.4 is 5.01 Å². The number of benzene rings is 4. The van der Waals surface area contributed by atoms with E-state index in [1.54, 1.807) is 0 Å². The number of Topliss-reactive ketones (excluding diaryl/α,β-unsaturated/α-hetero) is 1. The van der Waals surface area contributed by atoms with Crippen molar-refractivity contribution < 1.29 is 4.79 Å². The number of ketones is 1. The average Bonchev–Trinajstić information content (AvgIpc) is 3.44. The van der Waals surface area contributed by atoms with Crippen LogP contribution in [0.2, 0.25) is 0 Å². The maximum Gasteiger partial charge on any atom is 0.187 e. The quantitative estimate of drug-likeness (QED) is 0.297. The minimum absolute atomic E-state index is 0.162. The van der Waals surface area contributed by atoms with Gasteiger partial charge in [0.2, 0.25) is 0 Å². The monoisotopic (exact) mass is 468 g/mol. The van der Waals surface area contributed by atoms with E-state index in [-0.39, 0.29) is 11.7 Å². The molecule has 2 aliphatic rings. The highest BCUT2D eigenvalue weighted by Crippen LogP contribution is 2.52. The molecule has 1 saturated carbocycles. The Balaban J connectivity index is 1.56. The third-order valence-electron chi connectivity index (χ3n) is 7.42. The van der Waals surface area contributed by atoms with E-state index >= 15 is 0 Å². The fourth-order valence-electron chi connectivity index (χ4n) is 5.69. The van der Waals surface area contributed by atoms with E-state index in [0.717, 1.165) is 40.1 Å². The second-order valence-electron chi connectivity index (χ2n) is 9.68. The van der Waals surface area contributed by atoms with Gasteiger partial charge in [-0.2, -0.15) is 5.10 Å². The average molecular weight is 469 g/mol. The number of anilines is 1. The van der Waals surface area contributed by atoms with Gasteiger partial charge in [-0.1, -0.05) is 109 Å². The lowest BCUT2D eigenvalue weighted by atomic mass is 9.73. The molecule has 1 aliphatic carbocycles. The predicted molar refractivity (Wildman–Crippen MR) is 147 cm³/mol. The lowest BCUT2D eigenvalue weighted by Crippen LogP contribution is -2.51. The van der Waals surface area contributed by atoms with Gasteiger partial charge >= 0.3 is 0 Å². The van der Waals surface area contributed by atoms with Crippen molar-refractivity contribution in [3.8, 4) is 0 Å². The van der Waals surface area contributed by atoms with E-state index in [4.69, 9.17) is 5.10 Å². The summed E-state index contributed by atoms with van der Waals surface area (Å²) in [5.74, 6) is -0.0213. The standard InChI is InChI=1S/C33H28N2O/c1-24-17-19-29(20-18-24)35-33(22-21-28(32(33)36)23-25-11-5-2-6-12-25)30(26-13-7-3-8-14-26)31(34-35)27-15-9-4-10-16-27/h2-20,23,30H,21-22H2,1H3/b28-23+/t30-,33-/m1/s1. The largest absolute Gasteiger partial charge is 0.292 e. The first kappa shape index (κ1) is 22.2. The van der Waals surface area contributed by atoms with E-state index in [2.05, 4.69) is 85.8 Å². The Hall–Kier alpha value is -4.24. The summed E-state index contributed by atoms with van der Waals surface area (Å²) in [7, 11) is 0. The Morgan fingerprint density at radius 2 is 1.42 bits per heavy atom. The van der Waals surface area contributed by atoms with Crippen LogP contribution in [0.4, 0.5) is 5.69 Å². The first-order chi connectivity index (χ1) is 17.7. The second kappa shape index (κ2) is 9.09. The van der Waals surface area contributed by atoms with Crippen LogP contribution in [0.15, 0.2) is 126 Å². The van der Waals surface area contributed by atoms with Crippen LogP contribution in [0.1, 0.15) is 41.0 Å². The molecular formula is C33H28N2O. The lowest BCUT2D eigenvalue weighted by molar-refractivity contribution is -0.119. The Kier molecular flexibility index (Phi) is 5.61. The highest BCUT2D eigenvalue weighted by Gasteiger charge is 2.60. The van der Waals surface area contributed by atoms with Gasteiger partial charge in [-0.3, -0.25) is 9.80 Å². The highest BCUT2D eigenvalue weighted by atomic mass is 16.1. The summed E-state index contributed by atoms with van der Waals surface area (Å²) in [5, 5.41) is 7.27. The van der Waals surface area contributed by atoms with Crippen molar-refractivity contribution in [2.45, 2.75) is 31.2 Å². The summed E-state index contributed by atoms with van der Waals surface area (Å²) in [6, 6.07) is 39.2. The Morgan fingerprint density at radius 1 is 0.806 bits per heavy atom. The summed E-state index contributed by atoms with van der Waals surface area (Å²) in [6.45, 7) is 2.08. The van der Waals surface area contributed by atoms with Crippen molar-refractivity contribution in [3.63, 3.8) is 0 Å². The molecule has 3 heteroatoms. The van der Waals surface area contributed by atoms with Crippen molar-refractivity contribution in [1.82, 2.24) is 0 Å². The lowest BCUT2D eigenvalue weighted by Gasteiger charge is -2.37. The number of aryl methyl sites for hydroxylation is 1. The van der Waals surface area contributed by atoms with Crippen LogP contribution in [-0.4, -0.2) is 17.0 Å². The van der Waals surface area contributed by atoms with Gasteiger partial charge in [0.15, 0.2) is 5.78 Å². The van der Waals surface area contributed by atoms with E-state index < -0.39 is 5.54 Å². The van der Waals surface area contributed by atoms with Gasteiger partial charge in [0.25, 0.3) is 0 Å². The van der Waals surface area contributed by atoms with Crippen molar-refractivity contribution in [1.29, 1.82) is 0 Å². The molecule has 0 aromatic heterocycles. The van der Waals surface area contributed by atoms with E-state index in [1.807, 2.05) is 47.5 Å². The van der Waals surface area contributed by atoms with E-state index in [1.165, 1.54) is 5.56 Å². The number of carbonyl (C=O) groups excluding carboxylic acids is 1. The number of nitrogens with zero attached hydrogens (tertiary/aromatic N) is 2. The molecule has 6 rings (SSSR count). The van der Waals surface area contributed by atoms with E-state index in [0.29, 0.717) is 6.42 Å². The molecule has 3 nitrogen and oxygen atoms in total. The Labute approximate surface area is 212 Å². The minimum Gasteiger partial charge on any atom is -0.292 e. The summed E-state index contributed by atoms with van der Waals surface area (Å²) in [6.07, 6.45) is 3.49. The predicted octanol–water partition coefficient (Wildman–Crippen LogP) is 7.19. The summed E-state index contributed by atoms with van der Waals surface area (Å²) >= 11 is 0. The van der Waals surface area contributed by atoms with Crippen LogP contribution >= 0.6 is 0 Å². The number of carbonyl (C=O) groups is 1. The first-order valence-electron chi connectivity index (χ1n) is 12.5. The van der Waals surface area contributed by atoms with E-state index in [9.17, 15) is 4.79 Å². The van der Waals surface area contributed by atoms with Gasteiger partial charge in [-0.25, -0.2) is 0 Å². The fraction of sp³-hybridized carbons (Fsp3) is 0.152. The molecule has 0 unspecified atom stereocenters. The molecule has 176 valence electrons. The fourth-order valence-corrected chi connectivity index (χ4v) is 5.69. The molecule has 1 spiro atoms. The third-order valence-corrected chi connectivity index (χ3v) is 7.42. The van der Waals surface area contributed by atoms with Crippen LogP contribution in [0.5, 0.6) is 0 Å². The second-order valence-corrected chi connectivity index (χ2v) is 9.68. The van der Waals surface area contributed by atoms with Crippen LogP contribution in [0.25, 0.3) is 6.08 Å². The zero-order valence-corrected chi connectivity index (χ0v) is 20.3. The molecular weight excluding hydrogens is 440 g/mol. The summed E-state index contributed by atoms with van der Waals surface area (Å²) in [5.41, 5.74) is 6.34. The molecule has 0 amide bonds. The van der Waals surface area contributed by atoms with Gasteiger partial charge in [0.1, 0.15) is 5.54 Å². The Bertz CT molecular complexity index is 1440. The topological polar surface area (TPSA) is 32.7 Å². The number of rotatable bonds is 4. The Morgan fingerprint density at radius 3 is 2.08 bits per heavy atom. The van der Waals surface area contributed by atoms with Gasteiger partial charge in [-0.15, -0.1) is 0 Å². The molecule has 2 atom stereocenters. The molecule has 0 radical (unpaired) electrons. The number of hydrogen-bond donors (Lipinski definition) is 0. The van der Waals surface area contributed by atoms with Crippen molar-refractivity contribution >= 4 is 23.3 Å². The molecule has 1 aliphatic heterocycles. The zero-order chi connectivity index (χ0) is 24.5. The smallest absolute Gasteiger partial charge is 0.187 e. The first-order valence-corrected chi connectivity index (χ1v) is 12.5. The van der Waals surface area contributed by atoms with Crippen molar-refractivity contribution in [2.24, 2.45) is 5.10 Å². The van der Waals surface area contributed by atoms with Gasteiger partial charge in [0, 0.05) is 0 Å². The number of hydrazone groups is 1. The molecule has 0 N–H and O–H groups in total. The SMILES string of the molecule is Cc1ccc(N2N=C(c3ccccc3)[C@@H](c3ccccc3)[C@@]23CC/C(=C\c2ccccc2)C3=O)cc1. The molecule has 4 aromatic carbocycles. The van der Waals surface area contributed by atoms with Crippen molar-refractivity contribution in [3.05, 3.63) is 143 Å². The molecule has 0 saturated heterocycles. The van der Waals surface area contributed by atoms with Crippen LogP contribution in [0, 0.1) is 6.92 Å². The van der Waals surface area contributed by atoms with Crippen LogP contribution in [0.3, 0.4) is 0 Å². The molecule has 4 aromatic rings. The molecule has 0 bridgehead atoms. The maximum absolute atomic E-state index is 14.6. The van der Waals surface area contributed by atoms with Gasteiger partial charge < -0.3 is 0 Å². The zero-order valence-electron chi connectivity index (χ0n) is 20.3. The maximum atomic E-state index is 14.6. The summed E-state index contributed by atoms with van der Waals surface area (Å²) in [4.78, 5) is 14.6. The molecule has 1 fully saturated rings. The van der Waals surface area contributed by atoms with Crippen molar-refractivity contribution in [2.75, 3.05) is 5.01 Å². The minimum atomic E-state index is -0.817. The normalized spacial score (nSPS) is 22.4. The number of hydrogen-bond acceptors (Lipinski definition) is 3. The third kappa shape index (κ3) is 3.68. The van der Waals surface area contributed by atoms with Gasteiger partial charge in [-0.05, 0) is 60.2 Å². The molecule has 36 heavy (non-hydrogen) atoms. The van der Waals surface area contributed by atoms with Gasteiger partial charge in [0.05, 0.1) is 17.3 Å². The van der Waals surface area contributed by atoms with Crippen LogP contribution in [-0.2, 0) is 4.79 Å². The molecule has 1 heterocycles. The highest BCUT2D eigenvalue weighted by molar-refractivity contribution is 6.19.